The Balaban J connectivity index is 1.70. The zero-order valence-electron chi connectivity index (χ0n) is 14.3. The fraction of sp³-hybridized carbons (Fsp3) is 0.611. The summed E-state index contributed by atoms with van der Waals surface area (Å²) >= 11 is 0. The Morgan fingerprint density at radius 2 is 2.26 bits per heavy atom. The van der Waals surface area contributed by atoms with Crippen LogP contribution in [0.4, 0.5) is 0 Å². The molecule has 2 aromatic heterocycles. The number of carbonyl (C=O) groups excluding carboxylic acids is 1. The van der Waals surface area contributed by atoms with Gasteiger partial charge in [0.25, 0.3) is 0 Å². The normalized spacial score (nSPS) is 18.3. The van der Waals surface area contributed by atoms with Crippen LogP contribution in [0.5, 0.6) is 0 Å². The Morgan fingerprint density at radius 1 is 1.43 bits per heavy atom. The van der Waals surface area contributed by atoms with Crippen molar-refractivity contribution in [3.8, 4) is 0 Å². The van der Waals surface area contributed by atoms with Crippen LogP contribution in [0.25, 0.3) is 11.2 Å². The molecule has 1 amide bonds. The molecule has 1 aliphatic rings. The summed E-state index contributed by atoms with van der Waals surface area (Å²) in [5.41, 5.74) is 1.94. The van der Waals surface area contributed by atoms with Crippen molar-refractivity contribution in [2.45, 2.75) is 46.6 Å². The molecule has 0 aliphatic carbocycles. The number of aryl methyl sites for hydroxylation is 1. The molecular weight excluding hydrogens is 288 g/mol. The minimum atomic E-state index is 0.299. The van der Waals surface area contributed by atoms with E-state index in [-0.39, 0.29) is 0 Å². The zero-order chi connectivity index (χ0) is 16.4. The minimum absolute atomic E-state index is 0.299. The lowest BCUT2D eigenvalue weighted by atomic mass is 10.0. The fourth-order valence-electron chi connectivity index (χ4n) is 3.46. The van der Waals surface area contributed by atoms with Crippen molar-refractivity contribution in [1.82, 2.24) is 19.4 Å². The van der Waals surface area contributed by atoms with Gasteiger partial charge in [-0.2, -0.15) is 0 Å². The first-order valence-electron chi connectivity index (χ1n) is 8.66. The highest BCUT2D eigenvalue weighted by atomic mass is 16.2. The lowest BCUT2D eigenvalue weighted by Crippen LogP contribution is -2.29. The van der Waals surface area contributed by atoms with Crippen LogP contribution in [0, 0.1) is 11.8 Å². The molecule has 5 heteroatoms. The molecule has 0 spiro atoms. The monoisotopic (exact) mass is 314 g/mol. The molecule has 0 aromatic carbocycles. The first kappa shape index (κ1) is 16.0. The summed E-state index contributed by atoms with van der Waals surface area (Å²) in [4.78, 5) is 23.5. The Bertz CT molecular complexity index is 691. The summed E-state index contributed by atoms with van der Waals surface area (Å²) in [6.45, 7) is 8.97. The smallest absolute Gasteiger partial charge is 0.222 e. The molecule has 0 N–H and O–H groups in total. The zero-order valence-corrected chi connectivity index (χ0v) is 14.3. The topological polar surface area (TPSA) is 51.0 Å². The molecule has 2 aromatic rings. The Hall–Kier alpha value is -1.91. The summed E-state index contributed by atoms with van der Waals surface area (Å²) in [6, 6.07) is 3.95. The summed E-state index contributed by atoms with van der Waals surface area (Å²) in [7, 11) is 0. The van der Waals surface area contributed by atoms with Crippen LogP contribution in [0.3, 0.4) is 0 Å². The highest BCUT2D eigenvalue weighted by Crippen LogP contribution is 2.23. The number of amides is 1. The van der Waals surface area contributed by atoms with Crippen LogP contribution in [0.1, 0.15) is 39.4 Å². The van der Waals surface area contributed by atoms with Crippen LogP contribution in [0.15, 0.2) is 18.3 Å². The summed E-state index contributed by atoms with van der Waals surface area (Å²) in [6.07, 6.45) is 4.48. The van der Waals surface area contributed by atoms with Gasteiger partial charge in [-0.05, 0) is 37.3 Å². The maximum absolute atomic E-state index is 12.2. The van der Waals surface area contributed by atoms with E-state index < -0.39 is 0 Å². The molecule has 1 atom stereocenters. The van der Waals surface area contributed by atoms with Crippen molar-refractivity contribution < 1.29 is 4.79 Å². The van der Waals surface area contributed by atoms with Crippen molar-refractivity contribution >= 4 is 17.1 Å². The molecule has 0 saturated carbocycles. The molecule has 3 rings (SSSR count). The quantitative estimate of drug-likeness (QED) is 0.852. The van der Waals surface area contributed by atoms with Gasteiger partial charge in [0.05, 0.1) is 0 Å². The number of imidazole rings is 1. The molecule has 1 aliphatic heterocycles. The number of hydrogen-bond donors (Lipinski definition) is 0. The van der Waals surface area contributed by atoms with Gasteiger partial charge in [-0.3, -0.25) is 4.79 Å². The molecule has 0 unspecified atom stereocenters. The number of nitrogens with zero attached hydrogens (tertiary/aromatic N) is 4. The van der Waals surface area contributed by atoms with Gasteiger partial charge in [-0.1, -0.05) is 13.8 Å². The summed E-state index contributed by atoms with van der Waals surface area (Å²) < 4.78 is 2.20. The lowest BCUT2D eigenvalue weighted by Gasteiger charge is -2.17. The third kappa shape index (κ3) is 3.38. The second-order valence-corrected chi connectivity index (χ2v) is 6.91. The van der Waals surface area contributed by atoms with Crippen LogP contribution in [0.2, 0.25) is 0 Å². The Labute approximate surface area is 137 Å². The average molecular weight is 314 g/mol. The van der Waals surface area contributed by atoms with Crippen LogP contribution < -0.4 is 0 Å². The predicted molar refractivity (Wildman–Crippen MR) is 91.0 cm³/mol. The van der Waals surface area contributed by atoms with E-state index in [0.29, 0.717) is 24.2 Å². The van der Waals surface area contributed by atoms with Crippen molar-refractivity contribution in [2.75, 3.05) is 13.1 Å². The van der Waals surface area contributed by atoms with E-state index in [2.05, 4.69) is 30.3 Å². The second-order valence-electron chi connectivity index (χ2n) is 6.91. The van der Waals surface area contributed by atoms with E-state index >= 15 is 0 Å². The molecule has 1 saturated heterocycles. The van der Waals surface area contributed by atoms with E-state index in [1.165, 1.54) is 0 Å². The Kier molecular flexibility index (Phi) is 4.64. The van der Waals surface area contributed by atoms with Gasteiger partial charge in [-0.25, -0.2) is 9.97 Å². The number of rotatable bonds is 5. The van der Waals surface area contributed by atoms with Gasteiger partial charge in [0.2, 0.25) is 5.91 Å². The molecular formula is C18H26N4O. The standard InChI is InChI=1S/C18H26N4O/c1-4-22-16(20-15-6-5-8-19-18(15)22)11-14-7-9-21(12-14)17(23)10-13(2)3/h5-6,8,13-14H,4,7,9-12H2,1-3H3/t14-/m0/s1. The van der Waals surface area contributed by atoms with Crippen molar-refractivity contribution in [2.24, 2.45) is 11.8 Å². The number of likely N-dealkylation sites (tertiary alicyclic amines) is 1. The van der Waals surface area contributed by atoms with Crippen LogP contribution in [-0.2, 0) is 17.8 Å². The summed E-state index contributed by atoms with van der Waals surface area (Å²) in [5.74, 6) is 2.34. The van der Waals surface area contributed by atoms with Gasteiger partial charge in [0.1, 0.15) is 11.3 Å². The average Bonchev–Trinajstić information content (AvgIpc) is 3.10. The highest BCUT2D eigenvalue weighted by Gasteiger charge is 2.28. The van der Waals surface area contributed by atoms with E-state index in [9.17, 15) is 4.79 Å². The molecule has 124 valence electrons. The van der Waals surface area contributed by atoms with Crippen LogP contribution >= 0.6 is 0 Å². The van der Waals surface area contributed by atoms with E-state index in [1.807, 2.05) is 23.2 Å². The molecule has 0 radical (unpaired) electrons. The van der Waals surface area contributed by atoms with Gasteiger partial charge in [0, 0.05) is 38.7 Å². The van der Waals surface area contributed by atoms with Crippen molar-refractivity contribution in [3.63, 3.8) is 0 Å². The van der Waals surface area contributed by atoms with E-state index in [0.717, 1.165) is 49.5 Å². The number of fused-ring (bicyclic) bond motifs is 1. The van der Waals surface area contributed by atoms with Gasteiger partial charge in [0.15, 0.2) is 5.65 Å². The van der Waals surface area contributed by atoms with Gasteiger partial charge in [-0.15, -0.1) is 0 Å². The SMILES string of the molecule is CCn1c(C[C@@H]2CCN(C(=O)CC(C)C)C2)nc2cccnc21. The number of hydrogen-bond acceptors (Lipinski definition) is 3. The molecule has 3 heterocycles. The predicted octanol–water partition coefficient (Wildman–Crippen LogP) is 2.89. The van der Waals surface area contributed by atoms with Gasteiger partial charge < -0.3 is 9.47 Å². The number of carbonyl (C=O) groups is 1. The maximum atomic E-state index is 12.2. The minimum Gasteiger partial charge on any atom is -0.342 e. The van der Waals surface area contributed by atoms with Gasteiger partial charge >= 0.3 is 0 Å². The first-order valence-corrected chi connectivity index (χ1v) is 8.66. The summed E-state index contributed by atoms with van der Waals surface area (Å²) in [5, 5.41) is 0. The van der Waals surface area contributed by atoms with E-state index in [1.54, 1.807) is 0 Å². The molecule has 1 fully saturated rings. The third-order valence-corrected chi connectivity index (χ3v) is 4.59. The molecule has 23 heavy (non-hydrogen) atoms. The molecule has 0 bridgehead atoms. The maximum Gasteiger partial charge on any atom is 0.222 e. The van der Waals surface area contributed by atoms with Crippen LogP contribution in [-0.4, -0.2) is 38.4 Å². The highest BCUT2D eigenvalue weighted by molar-refractivity contribution is 5.76. The van der Waals surface area contributed by atoms with E-state index in [4.69, 9.17) is 4.98 Å². The lowest BCUT2D eigenvalue weighted by molar-refractivity contribution is -0.131. The van der Waals surface area contributed by atoms with Crippen molar-refractivity contribution in [1.29, 1.82) is 0 Å². The first-order chi connectivity index (χ1) is 11.1. The number of pyridine rings is 1. The van der Waals surface area contributed by atoms with Crippen molar-refractivity contribution in [3.05, 3.63) is 24.2 Å². The Morgan fingerprint density at radius 3 is 3.00 bits per heavy atom. The second kappa shape index (κ2) is 6.69. The molecule has 5 nitrogen and oxygen atoms in total. The largest absolute Gasteiger partial charge is 0.342 e. The third-order valence-electron chi connectivity index (χ3n) is 4.59. The number of aromatic nitrogens is 3. The fourth-order valence-corrected chi connectivity index (χ4v) is 3.46.